The van der Waals surface area contributed by atoms with Crippen LogP contribution in [0.3, 0.4) is 0 Å². The van der Waals surface area contributed by atoms with Crippen molar-refractivity contribution < 1.29 is 18.9 Å². The van der Waals surface area contributed by atoms with E-state index in [0.717, 1.165) is 27.6 Å². The van der Waals surface area contributed by atoms with Crippen LogP contribution in [0.2, 0.25) is 0 Å². The van der Waals surface area contributed by atoms with Crippen LogP contribution >= 0.6 is 11.6 Å². The lowest BCUT2D eigenvalue weighted by Crippen LogP contribution is -1.98. The van der Waals surface area contributed by atoms with Gasteiger partial charge in [0.2, 0.25) is 0 Å². The summed E-state index contributed by atoms with van der Waals surface area (Å²) in [5, 5.41) is 1.89. The zero-order valence-corrected chi connectivity index (χ0v) is 16.6. The van der Waals surface area contributed by atoms with Crippen molar-refractivity contribution in [1.29, 1.82) is 0 Å². The molecule has 5 nitrogen and oxygen atoms in total. The van der Waals surface area contributed by atoms with Gasteiger partial charge in [0.1, 0.15) is 0 Å². The van der Waals surface area contributed by atoms with E-state index in [-0.39, 0.29) is 0 Å². The van der Waals surface area contributed by atoms with Crippen molar-refractivity contribution in [2.45, 2.75) is 6.42 Å². The van der Waals surface area contributed by atoms with Crippen molar-refractivity contribution in [2.75, 3.05) is 34.3 Å². The molecule has 0 atom stereocenters. The number of aryl methyl sites for hydroxylation is 1. The van der Waals surface area contributed by atoms with Gasteiger partial charge in [-0.05, 0) is 41.6 Å². The molecule has 0 bridgehead atoms. The highest BCUT2D eigenvalue weighted by Crippen LogP contribution is 2.39. The van der Waals surface area contributed by atoms with Gasteiger partial charge in [-0.3, -0.25) is 4.98 Å². The summed E-state index contributed by atoms with van der Waals surface area (Å²) in [7, 11) is 6.48. The first-order chi connectivity index (χ1) is 13.2. The zero-order valence-electron chi connectivity index (χ0n) is 15.8. The van der Waals surface area contributed by atoms with Gasteiger partial charge in [-0.1, -0.05) is 6.07 Å². The molecule has 3 aromatic rings. The molecule has 3 rings (SSSR count). The normalized spacial score (nSPS) is 10.7. The Hall–Kier alpha value is -2.66. The van der Waals surface area contributed by atoms with E-state index in [0.29, 0.717) is 35.3 Å². The van der Waals surface area contributed by atoms with Gasteiger partial charge >= 0.3 is 0 Å². The van der Waals surface area contributed by atoms with E-state index in [1.54, 1.807) is 34.6 Å². The highest BCUT2D eigenvalue weighted by Gasteiger charge is 2.15. The lowest BCUT2D eigenvalue weighted by atomic mass is 9.99. The van der Waals surface area contributed by atoms with Crippen molar-refractivity contribution in [1.82, 2.24) is 4.98 Å². The second-order valence-electron chi connectivity index (χ2n) is 5.90. The van der Waals surface area contributed by atoms with Crippen LogP contribution in [-0.2, 0) is 6.42 Å². The standard InChI is InChI=1S/C21H22ClNO4/c1-24-18-6-5-13-9-17(23-12-16(13)21(18)27-4)15-11-20(26-3)19(25-2)10-14(15)7-8-22/h5-6,9-12H,7-8H2,1-4H3. The fourth-order valence-electron chi connectivity index (χ4n) is 3.16. The predicted octanol–water partition coefficient (Wildman–Crippen LogP) is 4.72. The first-order valence-corrected chi connectivity index (χ1v) is 9.02. The summed E-state index contributed by atoms with van der Waals surface area (Å²) in [5.74, 6) is 3.17. The van der Waals surface area contributed by atoms with Gasteiger partial charge in [-0.2, -0.15) is 0 Å². The van der Waals surface area contributed by atoms with E-state index in [2.05, 4.69) is 4.98 Å². The number of hydrogen-bond acceptors (Lipinski definition) is 5. The van der Waals surface area contributed by atoms with Crippen molar-refractivity contribution in [3.63, 3.8) is 0 Å². The molecule has 0 amide bonds. The number of benzene rings is 2. The second-order valence-corrected chi connectivity index (χ2v) is 6.27. The maximum Gasteiger partial charge on any atom is 0.170 e. The monoisotopic (exact) mass is 387 g/mol. The van der Waals surface area contributed by atoms with Crippen LogP contribution in [0.5, 0.6) is 23.0 Å². The number of hydrogen-bond donors (Lipinski definition) is 0. The van der Waals surface area contributed by atoms with Crippen LogP contribution in [0.4, 0.5) is 0 Å². The molecular formula is C21H22ClNO4. The minimum atomic E-state index is 0.501. The molecule has 0 radical (unpaired) electrons. The molecule has 142 valence electrons. The Morgan fingerprint density at radius 3 is 2.19 bits per heavy atom. The second kappa shape index (κ2) is 8.35. The number of halogens is 1. The largest absolute Gasteiger partial charge is 0.493 e. The summed E-state index contributed by atoms with van der Waals surface area (Å²) in [6.45, 7) is 0. The molecule has 0 aliphatic heterocycles. The number of ether oxygens (including phenoxy) is 4. The Morgan fingerprint density at radius 2 is 1.56 bits per heavy atom. The average Bonchev–Trinajstić information content (AvgIpc) is 2.72. The van der Waals surface area contributed by atoms with Crippen LogP contribution < -0.4 is 18.9 Å². The number of nitrogens with zero attached hydrogens (tertiary/aromatic N) is 1. The number of methoxy groups -OCH3 is 4. The van der Waals surface area contributed by atoms with Gasteiger partial charge < -0.3 is 18.9 Å². The number of pyridine rings is 1. The van der Waals surface area contributed by atoms with Crippen molar-refractivity contribution >= 4 is 22.4 Å². The van der Waals surface area contributed by atoms with Crippen molar-refractivity contribution in [2.24, 2.45) is 0 Å². The van der Waals surface area contributed by atoms with E-state index in [9.17, 15) is 0 Å². The molecule has 0 aliphatic carbocycles. The van der Waals surface area contributed by atoms with Gasteiger partial charge in [0.05, 0.1) is 34.1 Å². The molecular weight excluding hydrogens is 366 g/mol. The topological polar surface area (TPSA) is 49.8 Å². The molecule has 0 aliphatic rings. The Kier molecular flexibility index (Phi) is 5.91. The lowest BCUT2D eigenvalue weighted by Gasteiger charge is -2.15. The first-order valence-electron chi connectivity index (χ1n) is 8.48. The van der Waals surface area contributed by atoms with Gasteiger partial charge in [0.25, 0.3) is 0 Å². The Bertz CT molecular complexity index is 959. The smallest absolute Gasteiger partial charge is 0.170 e. The minimum absolute atomic E-state index is 0.501. The molecule has 2 aromatic carbocycles. The molecule has 1 heterocycles. The third-order valence-corrected chi connectivity index (χ3v) is 4.68. The van der Waals surface area contributed by atoms with E-state index in [1.165, 1.54) is 0 Å². The van der Waals surface area contributed by atoms with Crippen LogP contribution in [0.25, 0.3) is 22.0 Å². The average molecular weight is 388 g/mol. The van der Waals surface area contributed by atoms with Crippen LogP contribution in [0.15, 0.2) is 36.5 Å². The molecule has 0 saturated heterocycles. The molecule has 0 saturated carbocycles. The summed E-state index contributed by atoms with van der Waals surface area (Å²) < 4.78 is 21.8. The summed E-state index contributed by atoms with van der Waals surface area (Å²) in [6, 6.07) is 9.80. The van der Waals surface area contributed by atoms with Gasteiger partial charge in [-0.15, -0.1) is 11.6 Å². The van der Waals surface area contributed by atoms with Gasteiger partial charge in [0.15, 0.2) is 23.0 Å². The Labute approximate surface area is 163 Å². The third kappa shape index (κ3) is 3.60. The fourth-order valence-corrected chi connectivity index (χ4v) is 3.36. The maximum atomic E-state index is 6.01. The minimum Gasteiger partial charge on any atom is -0.493 e. The van der Waals surface area contributed by atoms with Crippen LogP contribution in [-0.4, -0.2) is 39.3 Å². The number of rotatable bonds is 7. The Morgan fingerprint density at radius 1 is 0.852 bits per heavy atom. The Balaban J connectivity index is 2.19. The predicted molar refractivity (Wildman–Crippen MR) is 108 cm³/mol. The third-order valence-electron chi connectivity index (χ3n) is 4.49. The van der Waals surface area contributed by atoms with Crippen molar-refractivity contribution in [3.8, 4) is 34.3 Å². The van der Waals surface area contributed by atoms with E-state index in [4.69, 9.17) is 30.5 Å². The molecule has 0 fully saturated rings. The maximum absolute atomic E-state index is 6.01. The fraction of sp³-hybridized carbons (Fsp3) is 0.286. The molecule has 27 heavy (non-hydrogen) atoms. The quantitative estimate of drug-likeness (QED) is 0.549. The first kappa shape index (κ1) is 19.1. The highest BCUT2D eigenvalue weighted by atomic mass is 35.5. The van der Waals surface area contributed by atoms with E-state index < -0.39 is 0 Å². The number of fused-ring (bicyclic) bond motifs is 1. The molecule has 0 spiro atoms. The summed E-state index contributed by atoms with van der Waals surface area (Å²) in [5.41, 5.74) is 2.84. The summed E-state index contributed by atoms with van der Waals surface area (Å²) in [6.07, 6.45) is 2.50. The molecule has 6 heteroatoms. The highest BCUT2D eigenvalue weighted by molar-refractivity contribution is 6.18. The summed E-state index contributed by atoms with van der Waals surface area (Å²) >= 11 is 6.01. The molecule has 1 aromatic heterocycles. The number of aromatic nitrogens is 1. The van der Waals surface area contributed by atoms with Crippen LogP contribution in [0, 0.1) is 0 Å². The SMILES string of the molecule is COc1cc(CCCl)c(-c2cc3ccc(OC)c(OC)c3cn2)cc1OC. The van der Waals surface area contributed by atoms with Gasteiger partial charge in [-0.25, -0.2) is 0 Å². The van der Waals surface area contributed by atoms with Crippen LogP contribution in [0.1, 0.15) is 5.56 Å². The molecule has 0 unspecified atom stereocenters. The zero-order chi connectivity index (χ0) is 19.4. The number of alkyl halides is 1. The molecule has 0 N–H and O–H groups in total. The van der Waals surface area contributed by atoms with Gasteiger partial charge in [0, 0.05) is 23.0 Å². The van der Waals surface area contributed by atoms with E-state index >= 15 is 0 Å². The van der Waals surface area contributed by atoms with Crippen molar-refractivity contribution in [3.05, 3.63) is 42.1 Å². The van der Waals surface area contributed by atoms with E-state index in [1.807, 2.05) is 30.3 Å². The lowest BCUT2D eigenvalue weighted by molar-refractivity contribution is 0.354. The summed E-state index contributed by atoms with van der Waals surface area (Å²) in [4.78, 5) is 4.66.